The molecule has 0 aliphatic carbocycles. The molecule has 1 N–H and O–H groups in total. The minimum atomic E-state index is 0.815. The zero-order valence-corrected chi connectivity index (χ0v) is 11.6. The van der Waals surface area contributed by atoms with E-state index in [4.69, 9.17) is 0 Å². The van der Waals surface area contributed by atoms with Crippen LogP contribution in [0.3, 0.4) is 0 Å². The van der Waals surface area contributed by atoms with Crippen LogP contribution in [0.4, 0.5) is 0 Å². The fourth-order valence-corrected chi connectivity index (χ4v) is 2.76. The Kier molecular flexibility index (Phi) is 6.37. The Balaban J connectivity index is 2.20. The number of hydrogen-bond donors (Lipinski definition) is 1. The maximum Gasteiger partial charge on any atom is 0.000439 e. The average molecular weight is 226 g/mol. The number of nitrogens with zero attached hydrogens (tertiary/aromatic N) is 1. The summed E-state index contributed by atoms with van der Waals surface area (Å²) in [5.74, 6) is 2.61. The van der Waals surface area contributed by atoms with Gasteiger partial charge in [0.05, 0.1) is 0 Å². The minimum Gasteiger partial charge on any atom is -0.317 e. The van der Waals surface area contributed by atoms with Gasteiger partial charge in [-0.05, 0) is 56.8 Å². The minimum absolute atomic E-state index is 0.815. The third-order valence-corrected chi connectivity index (χ3v) is 3.78. The van der Waals surface area contributed by atoms with Crippen molar-refractivity contribution in [3.8, 4) is 0 Å². The van der Waals surface area contributed by atoms with E-state index in [0.29, 0.717) is 0 Å². The molecule has 0 aromatic rings. The fraction of sp³-hybridized carbons (Fsp3) is 1.00. The molecule has 1 aliphatic rings. The lowest BCUT2D eigenvalue weighted by Crippen LogP contribution is -2.39. The van der Waals surface area contributed by atoms with Gasteiger partial charge in [0.1, 0.15) is 0 Å². The van der Waals surface area contributed by atoms with Crippen LogP contribution in [0, 0.1) is 17.8 Å². The van der Waals surface area contributed by atoms with Crippen LogP contribution in [-0.4, -0.2) is 37.6 Å². The molecule has 1 atom stereocenters. The van der Waals surface area contributed by atoms with Crippen molar-refractivity contribution in [1.29, 1.82) is 0 Å². The van der Waals surface area contributed by atoms with Crippen LogP contribution >= 0.6 is 0 Å². The highest BCUT2D eigenvalue weighted by atomic mass is 15.1. The van der Waals surface area contributed by atoms with Gasteiger partial charge in [0.2, 0.25) is 0 Å². The average Bonchev–Trinajstić information content (AvgIpc) is 2.26. The first-order valence-electron chi connectivity index (χ1n) is 7.06. The molecule has 1 heterocycles. The summed E-state index contributed by atoms with van der Waals surface area (Å²) in [5, 5.41) is 3.48. The molecule has 0 aromatic carbocycles. The second kappa shape index (κ2) is 7.29. The predicted molar refractivity (Wildman–Crippen MR) is 71.7 cm³/mol. The Morgan fingerprint density at radius 3 is 2.31 bits per heavy atom. The molecule has 1 rings (SSSR count). The summed E-state index contributed by atoms with van der Waals surface area (Å²) >= 11 is 0. The third kappa shape index (κ3) is 4.84. The summed E-state index contributed by atoms with van der Waals surface area (Å²) in [7, 11) is 0. The molecule has 0 spiro atoms. The summed E-state index contributed by atoms with van der Waals surface area (Å²) in [5.41, 5.74) is 0. The van der Waals surface area contributed by atoms with Crippen LogP contribution in [0.25, 0.3) is 0 Å². The number of piperidine rings is 1. The summed E-state index contributed by atoms with van der Waals surface area (Å²) in [6, 6.07) is 0. The van der Waals surface area contributed by atoms with Crippen LogP contribution in [0.2, 0.25) is 0 Å². The molecular formula is C14H30N2. The van der Waals surface area contributed by atoms with Gasteiger partial charge in [-0.1, -0.05) is 27.7 Å². The second-order valence-electron chi connectivity index (χ2n) is 5.82. The van der Waals surface area contributed by atoms with E-state index >= 15 is 0 Å². The van der Waals surface area contributed by atoms with Gasteiger partial charge in [-0.3, -0.25) is 0 Å². The Morgan fingerprint density at radius 2 is 1.81 bits per heavy atom. The smallest absolute Gasteiger partial charge is 0.000439 e. The Hall–Kier alpha value is -0.0800. The van der Waals surface area contributed by atoms with Crippen molar-refractivity contribution in [1.82, 2.24) is 10.2 Å². The van der Waals surface area contributed by atoms with Crippen LogP contribution in [0.5, 0.6) is 0 Å². The first kappa shape index (κ1) is 14.0. The first-order chi connectivity index (χ1) is 7.63. The molecule has 0 amide bonds. The van der Waals surface area contributed by atoms with E-state index in [9.17, 15) is 0 Å². The van der Waals surface area contributed by atoms with Crippen molar-refractivity contribution >= 4 is 0 Å². The SMILES string of the molecule is CCNC[C@@H](C)C1CCN(CC(C)C)CC1. The quantitative estimate of drug-likeness (QED) is 0.749. The van der Waals surface area contributed by atoms with Gasteiger partial charge in [-0.25, -0.2) is 0 Å². The number of hydrogen-bond acceptors (Lipinski definition) is 2. The normalized spacial score (nSPS) is 21.6. The summed E-state index contributed by atoms with van der Waals surface area (Å²) in [6.45, 7) is 15.5. The van der Waals surface area contributed by atoms with Crippen LogP contribution in [0.15, 0.2) is 0 Å². The topological polar surface area (TPSA) is 15.3 Å². The monoisotopic (exact) mass is 226 g/mol. The van der Waals surface area contributed by atoms with Gasteiger partial charge in [0, 0.05) is 6.54 Å². The molecule has 1 fully saturated rings. The molecule has 0 bridgehead atoms. The van der Waals surface area contributed by atoms with E-state index in [1.807, 2.05) is 0 Å². The maximum atomic E-state index is 3.48. The third-order valence-electron chi connectivity index (χ3n) is 3.78. The van der Waals surface area contributed by atoms with Crippen molar-refractivity contribution < 1.29 is 0 Å². The largest absolute Gasteiger partial charge is 0.317 e. The van der Waals surface area contributed by atoms with Gasteiger partial charge in [0.25, 0.3) is 0 Å². The highest BCUT2D eigenvalue weighted by Crippen LogP contribution is 2.24. The Morgan fingerprint density at radius 1 is 1.19 bits per heavy atom. The molecule has 0 saturated carbocycles. The second-order valence-corrected chi connectivity index (χ2v) is 5.82. The summed E-state index contributed by atoms with van der Waals surface area (Å²) < 4.78 is 0. The van der Waals surface area contributed by atoms with Gasteiger partial charge in [-0.2, -0.15) is 0 Å². The molecule has 2 nitrogen and oxygen atoms in total. The van der Waals surface area contributed by atoms with Crippen molar-refractivity contribution in [2.45, 2.75) is 40.5 Å². The first-order valence-corrected chi connectivity index (χ1v) is 7.06. The fourth-order valence-electron chi connectivity index (χ4n) is 2.76. The number of likely N-dealkylation sites (tertiary alicyclic amines) is 1. The molecular weight excluding hydrogens is 196 g/mol. The lowest BCUT2D eigenvalue weighted by molar-refractivity contribution is 0.140. The molecule has 0 aromatic heterocycles. The van der Waals surface area contributed by atoms with E-state index in [1.54, 1.807) is 0 Å². The van der Waals surface area contributed by atoms with E-state index in [-0.39, 0.29) is 0 Å². The standard InChI is InChI=1S/C14H30N2/c1-5-15-10-13(4)14-6-8-16(9-7-14)11-12(2)3/h12-15H,5-11H2,1-4H3/t13-/m1/s1. The lowest BCUT2D eigenvalue weighted by atomic mass is 9.85. The molecule has 2 heteroatoms. The Bertz CT molecular complexity index is 172. The molecule has 1 saturated heterocycles. The molecule has 96 valence electrons. The van der Waals surface area contributed by atoms with Gasteiger partial charge >= 0.3 is 0 Å². The van der Waals surface area contributed by atoms with Gasteiger partial charge in [-0.15, -0.1) is 0 Å². The molecule has 0 radical (unpaired) electrons. The summed E-state index contributed by atoms with van der Waals surface area (Å²) in [6.07, 6.45) is 2.80. The number of rotatable bonds is 6. The van der Waals surface area contributed by atoms with Crippen molar-refractivity contribution in [3.05, 3.63) is 0 Å². The molecule has 1 aliphatic heterocycles. The summed E-state index contributed by atoms with van der Waals surface area (Å²) in [4.78, 5) is 2.64. The predicted octanol–water partition coefficient (Wildman–Crippen LogP) is 2.60. The molecule has 16 heavy (non-hydrogen) atoms. The zero-order valence-electron chi connectivity index (χ0n) is 11.6. The van der Waals surface area contributed by atoms with E-state index < -0.39 is 0 Å². The molecule has 0 unspecified atom stereocenters. The van der Waals surface area contributed by atoms with Crippen molar-refractivity contribution in [3.63, 3.8) is 0 Å². The van der Waals surface area contributed by atoms with Gasteiger partial charge < -0.3 is 10.2 Å². The maximum absolute atomic E-state index is 3.48. The van der Waals surface area contributed by atoms with E-state index in [0.717, 1.165) is 24.3 Å². The van der Waals surface area contributed by atoms with Gasteiger partial charge in [0.15, 0.2) is 0 Å². The Labute approximate surface area is 102 Å². The van der Waals surface area contributed by atoms with Crippen LogP contribution < -0.4 is 5.32 Å². The van der Waals surface area contributed by atoms with Crippen LogP contribution in [0.1, 0.15) is 40.5 Å². The lowest BCUT2D eigenvalue weighted by Gasteiger charge is -2.35. The van der Waals surface area contributed by atoms with E-state index in [1.165, 1.54) is 39.0 Å². The van der Waals surface area contributed by atoms with Crippen molar-refractivity contribution in [2.75, 3.05) is 32.7 Å². The van der Waals surface area contributed by atoms with Crippen LogP contribution in [-0.2, 0) is 0 Å². The highest BCUT2D eigenvalue weighted by molar-refractivity contribution is 4.77. The van der Waals surface area contributed by atoms with E-state index in [2.05, 4.69) is 37.9 Å². The number of nitrogens with one attached hydrogen (secondary N) is 1. The van der Waals surface area contributed by atoms with Crippen molar-refractivity contribution in [2.24, 2.45) is 17.8 Å². The highest BCUT2D eigenvalue weighted by Gasteiger charge is 2.23. The zero-order chi connectivity index (χ0) is 12.0.